The number of piperazine rings is 1. The van der Waals surface area contributed by atoms with Gasteiger partial charge in [0.2, 0.25) is 0 Å². The average Bonchev–Trinajstić information content (AvgIpc) is 2.96. The summed E-state index contributed by atoms with van der Waals surface area (Å²) >= 11 is 0. The number of nitrogens with zero attached hydrogens (tertiary/aromatic N) is 1. The minimum absolute atomic E-state index is 0.459. The highest BCUT2D eigenvalue weighted by Crippen LogP contribution is 2.37. The summed E-state index contributed by atoms with van der Waals surface area (Å²) in [5.74, 6) is 0.725. The maximum absolute atomic E-state index is 3.84. The summed E-state index contributed by atoms with van der Waals surface area (Å²) in [6.45, 7) is 8.34. The Morgan fingerprint density at radius 1 is 1.19 bits per heavy atom. The fourth-order valence-electron chi connectivity index (χ4n) is 4.14. The van der Waals surface area contributed by atoms with Crippen LogP contribution in [0.3, 0.4) is 0 Å². The molecule has 2 aliphatic rings. The van der Waals surface area contributed by atoms with Crippen LogP contribution in [0.15, 0.2) is 30.3 Å². The first kappa shape index (κ1) is 15.1. The van der Waals surface area contributed by atoms with Crippen molar-refractivity contribution in [1.82, 2.24) is 10.2 Å². The van der Waals surface area contributed by atoms with Crippen LogP contribution in [0.1, 0.15) is 45.1 Å². The van der Waals surface area contributed by atoms with Gasteiger partial charge in [-0.25, -0.2) is 0 Å². The first-order chi connectivity index (χ1) is 10.2. The summed E-state index contributed by atoms with van der Waals surface area (Å²) in [5, 5.41) is 3.84. The Morgan fingerprint density at radius 2 is 1.90 bits per heavy atom. The van der Waals surface area contributed by atoms with E-state index in [-0.39, 0.29) is 0 Å². The summed E-state index contributed by atoms with van der Waals surface area (Å²) in [6, 6.07) is 11.6. The quantitative estimate of drug-likeness (QED) is 0.911. The van der Waals surface area contributed by atoms with Crippen LogP contribution < -0.4 is 5.32 Å². The summed E-state index contributed by atoms with van der Waals surface area (Å²) in [5.41, 5.74) is 1.94. The molecule has 1 saturated carbocycles. The number of hydrogen-bond acceptors (Lipinski definition) is 2. The first-order valence-electron chi connectivity index (χ1n) is 8.72. The fraction of sp³-hybridized carbons (Fsp3) is 0.684. The van der Waals surface area contributed by atoms with E-state index in [0.29, 0.717) is 11.6 Å². The molecule has 1 atom stereocenters. The Hall–Kier alpha value is -0.860. The fourth-order valence-corrected chi connectivity index (χ4v) is 4.14. The summed E-state index contributed by atoms with van der Waals surface area (Å²) in [7, 11) is 0. The minimum Gasteiger partial charge on any atom is -0.311 e. The van der Waals surface area contributed by atoms with E-state index < -0.39 is 0 Å². The van der Waals surface area contributed by atoms with Crippen molar-refractivity contribution < 1.29 is 0 Å². The summed E-state index contributed by atoms with van der Waals surface area (Å²) < 4.78 is 0. The highest BCUT2D eigenvalue weighted by atomic mass is 15.3. The standard InChI is InChI=1S/C19H30N2/c1-16(2)18-14-21(13-10-17-8-4-3-5-9-17)19(15-20-18)11-6-7-12-19/h3-5,8-9,16,18,20H,6-7,10-15H2,1-2H3. The maximum atomic E-state index is 3.84. The maximum Gasteiger partial charge on any atom is 0.0334 e. The van der Waals surface area contributed by atoms with Crippen molar-refractivity contribution in [2.75, 3.05) is 19.6 Å². The van der Waals surface area contributed by atoms with Crippen LogP contribution in [0.25, 0.3) is 0 Å². The van der Waals surface area contributed by atoms with Crippen molar-refractivity contribution in [2.45, 2.75) is 57.5 Å². The van der Waals surface area contributed by atoms with Crippen LogP contribution in [0.5, 0.6) is 0 Å². The van der Waals surface area contributed by atoms with E-state index in [9.17, 15) is 0 Å². The molecule has 3 rings (SSSR count). The smallest absolute Gasteiger partial charge is 0.0334 e. The van der Waals surface area contributed by atoms with Gasteiger partial charge in [-0.2, -0.15) is 0 Å². The zero-order chi connectivity index (χ0) is 14.7. The molecule has 1 aromatic rings. The monoisotopic (exact) mass is 286 g/mol. The first-order valence-corrected chi connectivity index (χ1v) is 8.72. The van der Waals surface area contributed by atoms with E-state index in [1.165, 1.54) is 57.3 Å². The molecule has 0 radical (unpaired) electrons. The van der Waals surface area contributed by atoms with Crippen LogP contribution in [-0.4, -0.2) is 36.1 Å². The second kappa shape index (κ2) is 6.50. The van der Waals surface area contributed by atoms with Gasteiger partial charge in [0, 0.05) is 31.2 Å². The van der Waals surface area contributed by atoms with Gasteiger partial charge in [0.1, 0.15) is 0 Å². The van der Waals surface area contributed by atoms with Gasteiger partial charge in [-0.15, -0.1) is 0 Å². The lowest BCUT2D eigenvalue weighted by Gasteiger charge is -2.49. The van der Waals surface area contributed by atoms with Crippen LogP contribution in [0.4, 0.5) is 0 Å². The molecule has 1 N–H and O–H groups in total. The highest BCUT2D eigenvalue weighted by Gasteiger charge is 2.43. The molecule has 1 aromatic carbocycles. The molecular formula is C19H30N2. The van der Waals surface area contributed by atoms with Crippen molar-refractivity contribution in [3.63, 3.8) is 0 Å². The summed E-state index contributed by atoms with van der Waals surface area (Å²) in [4.78, 5) is 2.83. The molecule has 1 saturated heterocycles. The van der Waals surface area contributed by atoms with Gasteiger partial charge < -0.3 is 5.32 Å². The van der Waals surface area contributed by atoms with Crippen LogP contribution in [-0.2, 0) is 6.42 Å². The van der Waals surface area contributed by atoms with Crippen LogP contribution >= 0.6 is 0 Å². The van der Waals surface area contributed by atoms with Crippen LogP contribution in [0.2, 0.25) is 0 Å². The van der Waals surface area contributed by atoms with Crippen molar-refractivity contribution in [3.8, 4) is 0 Å². The molecule has 0 bridgehead atoms. The van der Waals surface area contributed by atoms with Gasteiger partial charge in [0.15, 0.2) is 0 Å². The summed E-state index contributed by atoms with van der Waals surface area (Å²) in [6.07, 6.45) is 6.79. The lowest BCUT2D eigenvalue weighted by Crippen LogP contribution is -2.64. The lowest BCUT2D eigenvalue weighted by molar-refractivity contribution is 0.0341. The molecule has 0 aromatic heterocycles. The third-order valence-corrected chi connectivity index (χ3v) is 5.63. The highest BCUT2D eigenvalue weighted by molar-refractivity contribution is 5.15. The molecule has 1 unspecified atom stereocenters. The topological polar surface area (TPSA) is 15.3 Å². The molecule has 1 spiro atoms. The van der Waals surface area contributed by atoms with Gasteiger partial charge >= 0.3 is 0 Å². The SMILES string of the molecule is CC(C)C1CN(CCc2ccccc2)C2(CCCC2)CN1. The molecule has 1 aliphatic carbocycles. The largest absolute Gasteiger partial charge is 0.311 e. The van der Waals surface area contributed by atoms with E-state index in [1.54, 1.807) is 0 Å². The number of rotatable bonds is 4. The average molecular weight is 286 g/mol. The third kappa shape index (κ3) is 3.32. The Labute approximate surface area is 129 Å². The van der Waals surface area contributed by atoms with Crippen molar-refractivity contribution in [2.24, 2.45) is 5.92 Å². The number of nitrogens with one attached hydrogen (secondary N) is 1. The molecular weight excluding hydrogens is 256 g/mol. The van der Waals surface area contributed by atoms with E-state index in [1.807, 2.05) is 0 Å². The number of benzene rings is 1. The third-order valence-electron chi connectivity index (χ3n) is 5.63. The predicted octanol–water partition coefficient (Wildman–Crippen LogP) is 3.47. The zero-order valence-corrected chi connectivity index (χ0v) is 13.6. The van der Waals surface area contributed by atoms with E-state index in [2.05, 4.69) is 54.4 Å². The van der Waals surface area contributed by atoms with Gasteiger partial charge in [0.25, 0.3) is 0 Å². The minimum atomic E-state index is 0.459. The molecule has 2 heteroatoms. The Bertz CT molecular complexity index is 434. The van der Waals surface area contributed by atoms with E-state index in [4.69, 9.17) is 0 Å². The van der Waals surface area contributed by atoms with Gasteiger partial charge in [-0.3, -0.25) is 4.90 Å². The molecule has 2 nitrogen and oxygen atoms in total. The van der Waals surface area contributed by atoms with Gasteiger partial charge in [-0.1, -0.05) is 57.0 Å². The molecule has 0 amide bonds. The Kier molecular flexibility index (Phi) is 4.66. The van der Waals surface area contributed by atoms with E-state index in [0.717, 1.165) is 5.92 Å². The zero-order valence-electron chi connectivity index (χ0n) is 13.6. The van der Waals surface area contributed by atoms with Crippen LogP contribution in [0, 0.1) is 5.92 Å². The predicted molar refractivity (Wildman–Crippen MR) is 89.5 cm³/mol. The molecule has 116 valence electrons. The lowest BCUT2D eigenvalue weighted by atomic mass is 9.88. The van der Waals surface area contributed by atoms with E-state index >= 15 is 0 Å². The molecule has 1 heterocycles. The Balaban J connectivity index is 1.68. The van der Waals surface area contributed by atoms with Crippen molar-refractivity contribution >= 4 is 0 Å². The Morgan fingerprint density at radius 3 is 2.57 bits per heavy atom. The van der Waals surface area contributed by atoms with Gasteiger partial charge in [0.05, 0.1) is 0 Å². The molecule has 21 heavy (non-hydrogen) atoms. The normalized spacial score (nSPS) is 25.8. The van der Waals surface area contributed by atoms with Crippen molar-refractivity contribution in [3.05, 3.63) is 35.9 Å². The van der Waals surface area contributed by atoms with Crippen molar-refractivity contribution in [1.29, 1.82) is 0 Å². The molecule has 1 aliphatic heterocycles. The second-order valence-electron chi connectivity index (χ2n) is 7.34. The number of hydrogen-bond donors (Lipinski definition) is 1. The second-order valence-corrected chi connectivity index (χ2v) is 7.34. The van der Waals surface area contributed by atoms with Gasteiger partial charge in [-0.05, 0) is 30.7 Å². The molecule has 2 fully saturated rings.